The van der Waals surface area contributed by atoms with E-state index < -0.39 is 0 Å². The molecule has 2 N–H and O–H groups in total. The summed E-state index contributed by atoms with van der Waals surface area (Å²) in [6.45, 7) is 2.09. The largest absolute Gasteiger partial charge is 0.390 e. The lowest BCUT2D eigenvalue weighted by molar-refractivity contribution is 0.272. The number of thiol groups is 1. The van der Waals surface area contributed by atoms with E-state index in [1.807, 2.05) is 29.9 Å². The van der Waals surface area contributed by atoms with Crippen molar-refractivity contribution in [3.8, 4) is 0 Å². The van der Waals surface area contributed by atoms with E-state index in [9.17, 15) is 0 Å². The SMILES string of the molecule is C[C@@H](CS)Nn1cccc1CO. The molecule has 0 radical (unpaired) electrons. The summed E-state index contributed by atoms with van der Waals surface area (Å²) in [7, 11) is 0. The molecule has 1 aromatic rings. The zero-order valence-corrected chi connectivity index (χ0v) is 7.96. The minimum atomic E-state index is 0.0549. The molecular formula is C8H14N2OS. The quantitative estimate of drug-likeness (QED) is 0.610. The standard InChI is InChI=1S/C8H14N2OS/c1-7(6-12)9-10-4-2-3-8(10)5-11/h2-4,7,9,11-12H,5-6H2,1H3/t7-/m0/s1. The monoisotopic (exact) mass is 186 g/mol. The van der Waals surface area contributed by atoms with Crippen molar-refractivity contribution in [2.24, 2.45) is 0 Å². The van der Waals surface area contributed by atoms with Crippen molar-refractivity contribution >= 4 is 12.6 Å². The Morgan fingerprint density at radius 2 is 2.50 bits per heavy atom. The molecule has 0 aliphatic rings. The van der Waals surface area contributed by atoms with Crippen molar-refractivity contribution in [1.82, 2.24) is 4.68 Å². The minimum Gasteiger partial charge on any atom is -0.390 e. The number of nitrogens with one attached hydrogen (secondary N) is 1. The zero-order valence-electron chi connectivity index (χ0n) is 7.07. The average molecular weight is 186 g/mol. The van der Waals surface area contributed by atoms with Crippen molar-refractivity contribution in [3.05, 3.63) is 24.0 Å². The fraction of sp³-hybridized carbons (Fsp3) is 0.500. The van der Waals surface area contributed by atoms with Gasteiger partial charge in [-0.15, -0.1) is 0 Å². The van der Waals surface area contributed by atoms with Gasteiger partial charge in [0.25, 0.3) is 0 Å². The van der Waals surface area contributed by atoms with Gasteiger partial charge in [0.1, 0.15) is 0 Å². The Morgan fingerprint density at radius 3 is 3.08 bits per heavy atom. The predicted octanol–water partition coefficient (Wildman–Crippen LogP) is 0.842. The van der Waals surface area contributed by atoms with Gasteiger partial charge in [0.15, 0.2) is 0 Å². The zero-order chi connectivity index (χ0) is 8.97. The van der Waals surface area contributed by atoms with Gasteiger partial charge < -0.3 is 10.5 Å². The van der Waals surface area contributed by atoms with E-state index in [1.165, 1.54) is 0 Å². The molecule has 0 saturated carbocycles. The molecule has 1 aromatic heterocycles. The van der Waals surface area contributed by atoms with E-state index in [4.69, 9.17) is 5.11 Å². The fourth-order valence-corrected chi connectivity index (χ4v) is 1.03. The normalized spacial score (nSPS) is 12.9. The van der Waals surface area contributed by atoms with Gasteiger partial charge in [-0.1, -0.05) is 0 Å². The van der Waals surface area contributed by atoms with Crippen LogP contribution in [-0.4, -0.2) is 21.6 Å². The summed E-state index contributed by atoms with van der Waals surface area (Å²) in [5.74, 6) is 0.767. The van der Waals surface area contributed by atoms with Crippen LogP contribution in [0.4, 0.5) is 0 Å². The molecule has 3 nitrogen and oxygen atoms in total. The highest BCUT2D eigenvalue weighted by Crippen LogP contribution is 2.00. The smallest absolute Gasteiger partial charge is 0.0852 e. The van der Waals surface area contributed by atoms with Crippen molar-refractivity contribution in [1.29, 1.82) is 0 Å². The predicted molar refractivity (Wildman–Crippen MR) is 53.0 cm³/mol. The third-order valence-electron chi connectivity index (χ3n) is 1.63. The van der Waals surface area contributed by atoms with E-state index in [1.54, 1.807) is 0 Å². The first-order valence-corrected chi connectivity index (χ1v) is 4.55. The number of hydrogen-bond donors (Lipinski definition) is 3. The third-order valence-corrected chi connectivity index (χ3v) is 2.18. The van der Waals surface area contributed by atoms with Gasteiger partial charge in [0, 0.05) is 18.0 Å². The molecule has 0 aromatic carbocycles. The van der Waals surface area contributed by atoms with Crippen LogP contribution in [0.1, 0.15) is 12.6 Å². The first-order chi connectivity index (χ1) is 5.77. The van der Waals surface area contributed by atoms with Crippen LogP contribution in [0.25, 0.3) is 0 Å². The summed E-state index contributed by atoms with van der Waals surface area (Å²) in [6, 6.07) is 4.06. The Labute approximate surface area is 77.8 Å². The molecule has 12 heavy (non-hydrogen) atoms. The molecule has 4 heteroatoms. The average Bonchev–Trinajstić information content (AvgIpc) is 2.51. The lowest BCUT2D eigenvalue weighted by atomic mass is 10.4. The Bertz CT molecular complexity index is 237. The lowest BCUT2D eigenvalue weighted by Gasteiger charge is -2.15. The number of aromatic nitrogens is 1. The van der Waals surface area contributed by atoms with Crippen LogP contribution in [0.3, 0.4) is 0 Å². The molecule has 1 heterocycles. The molecule has 0 unspecified atom stereocenters. The summed E-state index contributed by atoms with van der Waals surface area (Å²) in [4.78, 5) is 0. The van der Waals surface area contributed by atoms with E-state index >= 15 is 0 Å². The Balaban J connectivity index is 2.61. The Kier molecular flexibility index (Phi) is 3.49. The van der Waals surface area contributed by atoms with Crippen LogP contribution >= 0.6 is 12.6 Å². The van der Waals surface area contributed by atoms with Crippen LogP contribution in [0.15, 0.2) is 18.3 Å². The second-order valence-corrected chi connectivity index (χ2v) is 3.11. The molecule has 1 atom stereocenters. The Hall–Kier alpha value is -0.610. The second kappa shape index (κ2) is 4.42. The number of hydrogen-bond acceptors (Lipinski definition) is 3. The van der Waals surface area contributed by atoms with E-state index in [0.717, 1.165) is 11.4 Å². The molecule has 0 aliphatic carbocycles. The van der Waals surface area contributed by atoms with Crippen LogP contribution in [-0.2, 0) is 6.61 Å². The summed E-state index contributed by atoms with van der Waals surface area (Å²) in [6.07, 6.45) is 1.88. The van der Waals surface area contributed by atoms with Gasteiger partial charge >= 0.3 is 0 Å². The van der Waals surface area contributed by atoms with Crippen LogP contribution < -0.4 is 5.43 Å². The maximum Gasteiger partial charge on any atom is 0.0852 e. The molecule has 1 rings (SSSR count). The number of aliphatic hydroxyl groups excluding tert-OH is 1. The molecule has 0 bridgehead atoms. The van der Waals surface area contributed by atoms with Crippen molar-refractivity contribution in [3.63, 3.8) is 0 Å². The molecular weight excluding hydrogens is 172 g/mol. The molecule has 0 fully saturated rings. The first-order valence-electron chi connectivity index (χ1n) is 3.92. The topological polar surface area (TPSA) is 37.2 Å². The summed E-state index contributed by atoms with van der Waals surface area (Å²) in [5.41, 5.74) is 4.04. The van der Waals surface area contributed by atoms with Gasteiger partial charge in [-0.3, -0.25) is 4.68 Å². The lowest BCUT2D eigenvalue weighted by Crippen LogP contribution is -2.27. The van der Waals surface area contributed by atoms with E-state index in [0.29, 0.717) is 6.04 Å². The van der Waals surface area contributed by atoms with Gasteiger partial charge in [0.05, 0.1) is 12.3 Å². The summed E-state index contributed by atoms with van der Waals surface area (Å²) in [5, 5.41) is 8.91. The number of rotatable bonds is 4. The highest BCUT2D eigenvalue weighted by molar-refractivity contribution is 7.80. The Morgan fingerprint density at radius 1 is 1.75 bits per heavy atom. The molecule has 0 saturated heterocycles. The van der Waals surface area contributed by atoms with Gasteiger partial charge in [-0.05, 0) is 19.1 Å². The van der Waals surface area contributed by atoms with Gasteiger partial charge in [-0.25, -0.2) is 0 Å². The van der Waals surface area contributed by atoms with Crippen LogP contribution in [0.5, 0.6) is 0 Å². The molecule has 0 aliphatic heterocycles. The summed E-state index contributed by atoms with van der Waals surface area (Å²) >= 11 is 4.15. The van der Waals surface area contributed by atoms with Crippen LogP contribution in [0, 0.1) is 0 Å². The van der Waals surface area contributed by atoms with E-state index in [2.05, 4.69) is 18.1 Å². The molecule has 0 spiro atoms. The third kappa shape index (κ3) is 2.19. The van der Waals surface area contributed by atoms with Gasteiger partial charge in [0.2, 0.25) is 0 Å². The number of nitrogens with zero attached hydrogens (tertiary/aromatic N) is 1. The fourth-order valence-electron chi connectivity index (χ4n) is 0.949. The highest BCUT2D eigenvalue weighted by Gasteiger charge is 2.01. The van der Waals surface area contributed by atoms with E-state index in [-0.39, 0.29) is 6.61 Å². The van der Waals surface area contributed by atoms with Crippen LogP contribution in [0.2, 0.25) is 0 Å². The second-order valence-electron chi connectivity index (χ2n) is 2.74. The maximum absolute atomic E-state index is 8.91. The summed E-state index contributed by atoms with van der Waals surface area (Å²) < 4.78 is 1.82. The van der Waals surface area contributed by atoms with Crippen molar-refractivity contribution in [2.75, 3.05) is 11.2 Å². The minimum absolute atomic E-state index is 0.0549. The van der Waals surface area contributed by atoms with Crippen molar-refractivity contribution < 1.29 is 5.11 Å². The molecule has 0 amide bonds. The molecule has 68 valence electrons. The first kappa shape index (κ1) is 9.48. The van der Waals surface area contributed by atoms with Crippen molar-refractivity contribution in [2.45, 2.75) is 19.6 Å². The maximum atomic E-state index is 8.91. The van der Waals surface area contributed by atoms with Gasteiger partial charge in [-0.2, -0.15) is 12.6 Å². The highest BCUT2D eigenvalue weighted by atomic mass is 32.1. The number of aliphatic hydroxyl groups is 1.